The maximum absolute atomic E-state index is 11.8. The summed E-state index contributed by atoms with van der Waals surface area (Å²) in [4.78, 5) is 23.5. The topological polar surface area (TPSA) is 113 Å². The number of carboxylic acid groups (broad SMARTS) is 1. The molecule has 0 bridgehead atoms. The third-order valence-corrected chi connectivity index (χ3v) is 3.41. The van der Waals surface area contributed by atoms with E-state index in [1.165, 1.54) is 17.4 Å². The smallest absolute Gasteiger partial charge is 0.326 e. The van der Waals surface area contributed by atoms with E-state index in [4.69, 9.17) is 14.7 Å². The molecule has 0 fully saturated rings. The molecule has 1 amide bonds. The number of rotatable bonds is 6. The lowest BCUT2D eigenvalue weighted by Crippen LogP contribution is -2.41. The van der Waals surface area contributed by atoms with Crippen molar-refractivity contribution in [2.75, 3.05) is 6.61 Å². The third kappa shape index (κ3) is 3.22. The van der Waals surface area contributed by atoms with Crippen LogP contribution in [0.3, 0.4) is 0 Å². The summed E-state index contributed by atoms with van der Waals surface area (Å²) in [6, 6.07) is 3.94. The van der Waals surface area contributed by atoms with Gasteiger partial charge in [-0.2, -0.15) is 0 Å². The first-order valence-electron chi connectivity index (χ1n) is 5.77. The first-order chi connectivity index (χ1) is 9.61. The van der Waals surface area contributed by atoms with Gasteiger partial charge in [0.2, 0.25) is 0 Å². The second kappa shape index (κ2) is 6.31. The van der Waals surface area contributed by atoms with Crippen molar-refractivity contribution in [3.63, 3.8) is 0 Å². The van der Waals surface area contributed by atoms with E-state index in [0.717, 1.165) is 4.88 Å². The van der Waals surface area contributed by atoms with E-state index in [2.05, 4.69) is 10.5 Å². The first-order valence-corrected chi connectivity index (χ1v) is 6.65. The number of carboxylic acids is 1. The molecule has 0 aromatic carbocycles. The van der Waals surface area contributed by atoms with Crippen LogP contribution in [0, 0.1) is 0 Å². The number of aliphatic hydroxyl groups is 1. The Labute approximate surface area is 117 Å². The van der Waals surface area contributed by atoms with Crippen molar-refractivity contribution in [2.24, 2.45) is 0 Å². The zero-order chi connectivity index (χ0) is 14.5. The molecule has 106 valence electrons. The fraction of sp³-hybridized carbons (Fsp3) is 0.250. The summed E-state index contributed by atoms with van der Waals surface area (Å²) in [5, 5.41) is 25.4. The van der Waals surface area contributed by atoms with Crippen LogP contribution in [0.4, 0.5) is 0 Å². The second-order valence-corrected chi connectivity index (χ2v) is 4.88. The molecule has 2 aromatic heterocycles. The Kier molecular flexibility index (Phi) is 4.49. The van der Waals surface area contributed by atoms with Crippen LogP contribution < -0.4 is 5.32 Å². The largest absolute Gasteiger partial charge is 0.480 e. The zero-order valence-electron chi connectivity index (χ0n) is 10.3. The van der Waals surface area contributed by atoms with Gasteiger partial charge in [0.15, 0.2) is 11.5 Å². The van der Waals surface area contributed by atoms with E-state index in [1.807, 2.05) is 17.5 Å². The number of aliphatic carboxylic acids is 1. The molecule has 2 aromatic rings. The molecule has 0 aliphatic rings. The van der Waals surface area contributed by atoms with Crippen LogP contribution in [0.2, 0.25) is 0 Å². The molecule has 2 heterocycles. The minimum atomic E-state index is -1.21. The number of hydrogen-bond donors (Lipinski definition) is 3. The van der Waals surface area contributed by atoms with Crippen LogP contribution in [-0.4, -0.2) is 39.9 Å². The van der Waals surface area contributed by atoms with Gasteiger partial charge in [-0.3, -0.25) is 4.79 Å². The quantitative estimate of drug-likeness (QED) is 0.732. The molecule has 8 heteroatoms. The van der Waals surface area contributed by atoms with Gasteiger partial charge < -0.3 is 20.1 Å². The van der Waals surface area contributed by atoms with Gasteiger partial charge in [-0.25, -0.2) is 4.79 Å². The number of thiophene rings is 1. The fourth-order valence-corrected chi connectivity index (χ4v) is 2.21. The monoisotopic (exact) mass is 296 g/mol. The molecular formula is C12H12N2O5S. The van der Waals surface area contributed by atoms with E-state index in [9.17, 15) is 9.59 Å². The molecule has 0 spiro atoms. The van der Waals surface area contributed by atoms with Crippen molar-refractivity contribution >= 4 is 23.2 Å². The Balaban J connectivity index is 2.08. The highest BCUT2D eigenvalue weighted by Crippen LogP contribution is 2.25. The maximum Gasteiger partial charge on any atom is 0.326 e. The van der Waals surface area contributed by atoms with Crippen molar-refractivity contribution < 1.29 is 24.3 Å². The van der Waals surface area contributed by atoms with E-state index in [0.29, 0.717) is 5.76 Å². The van der Waals surface area contributed by atoms with Gasteiger partial charge >= 0.3 is 5.97 Å². The normalized spacial score (nSPS) is 12.1. The van der Waals surface area contributed by atoms with Gasteiger partial charge in [0.1, 0.15) is 6.04 Å². The maximum atomic E-state index is 11.8. The van der Waals surface area contributed by atoms with Crippen molar-refractivity contribution in [2.45, 2.75) is 12.5 Å². The van der Waals surface area contributed by atoms with Crippen molar-refractivity contribution in [3.8, 4) is 10.6 Å². The Hall–Kier alpha value is -2.19. The van der Waals surface area contributed by atoms with Gasteiger partial charge in [-0.05, 0) is 11.4 Å². The molecule has 0 saturated heterocycles. The van der Waals surface area contributed by atoms with Gasteiger partial charge in [0.05, 0.1) is 4.88 Å². The van der Waals surface area contributed by atoms with Gasteiger partial charge in [-0.15, -0.1) is 11.3 Å². The number of aromatic nitrogens is 1. The molecule has 0 unspecified atom stereocenters. The number of nitrogens with one attached hydrogen (secondary N) is 1. The molecular weight excluding hydrogens is 284 g/mol. The van der Waals surface area contributed by atoms with E-state index in [1.54, 1.807) is 0 Å². The third-order valence-electron chi connectivity index (χ3n) is 2.53. The predicted octanol–water partition coefficient (Wildman–Crippen LogP) is 0.968. The molecule has 1 atom stereocenters. The molecule has 0 saturated carbocycles. The summed E-state index contributed by atoms with van der Waals surface area (Å²) < 4.78 is 5.03. The van der Waals surface area contributed by atoms with Crippen LogP contribution in [0.15, 0.2) is 28.1 Å². The van der Waals surface area contributed by atoms with Crippen LogP contribution in [0.25, 0.3) is 10.6 Å². The predicted molar refractivity (Wildman–Crippen MR) is 70.4 cm³/mol. The number of hydrogen-bond acceptors (Lipinski definition) is 6. The summed E-state index contributed by atoms with van der Waals surface area (Å²) >= 11 is 1.44. The highest BCUT2D eigenvalue weighted by Gasteiger charge is 2.22. The highest BCUT2D eigenvalue weighted by molar-refractivity contribution is 7.13. The van der Waals surface area contributed by atoms with Gasteiger partial charge in [0, 0.05) is 19.1 Å². The van der Waals surface area contributed by atoms with Crippen LogP contribution in [0.5, 0.6) is 0 Å². The average molecular weight is 296 g/mol. The Morgan fingerprint density at radius 3 is 2.90 bits per heavy atom. The minimum Gasteiger partial charge on any atom is -0.480 e. The van der Waals surface area contributed by atoms with Crippen molar-refractivity contribution in [1.82, 2.24) is 10.5 Å². The number of carbonyl (C=O) groups is 2. The zero-order valence-corrected chi connectivity index (χ0v) is 11.1. The van der Waals surface area contributed by atoms with Crippen LogP contribution in [0.1, 0.15) is 16.9 Å². The summed E-state index contributed by atoms with van der Waals surface area (Å²) in [5.41, 5.74) is -0.00223. The minimum absolute atomic E-state index is 0.00223. The number of carbonyl (C=O) groups excluding carboxylic acids is 1. The SMILES string of the molecule is O=C(N[C@H](CCO)C(=O)O)c1cc(-c2cccs2)on1. The lowest BCUT2D eigenvalue weighted by molar-refractivity contribution is -0.139. The molecule has 3 N–H and O–H groups in total. The van der Waals surface area contributed by atoms with Crippen molar-refractivity contribution in [3.05, 3.63) is 29.3 Å². The lowest BCUT2D eigenvalue weighted by atomic mass is 10.2. The standard InChI is InChI=1S/C12H12N2O5S/c15-4-3-7(12(17)18)13-11(16)8-6-9(19-14-8)10-2-1-5-20-10/h1-2,5-7,15H,3-4H2,(H,13,16)(H,17,18)/t7-/m1/s1. The molecule has 20 heavy (non-hydrogen) atoms. The Morgan fingerprint density at radius 1 is 1.50 bits per heavy atom. The Bertz CT molecular complexity index is 593. The number of nitrogens with zero attached hydrogens (tertiary/aromatic N) is 1. The van der Waals surface area contributed by atoms with E-state index >= 15 is 0 Å². The highest BCUT2D eigenvalue weighted by atomic mass is 32.1. The molecule has 0 aliphatic heterocycles. The van der Waals surface area contributed by atoms with E-state index in [-0.39, 0.29) is 18.7 Å². The van der Waals surface area contributed by atoms with E-state index < -0.39 is 17.9 Å². The van der Waals surface area contributed by atoms with Crippen molar-refractivity contribution in [1.29, 1.82) is 0 Å². The molecule has 7 nitrogen and oxygen atoms in total. The molecule has 0 radical (unpaired) electrons. The summed E-state index contributed by atoms with van der Waals surface area (Å²) in [7, 11) is 0. The fourth-order valence-electron chi connectivity index (χ4n) is 1.54. The Morgan fingerprint density at radius 2 is 2.30 bits per heavy atom. The lowest BCUT2D eigenvalue weighted by Gasteiger charge is -2.11. The number of aliphatic hydroxyl groups excluding tert-OH is 1. The summed E-state index contributed by atoms with van der Waals surface area (Å²) in [6.07, 6.45) is -0.0727. The van der Waals surface area contributed by atoms with Gasteiger partial charge in [0.25, 0.3) is 5.91 Å². The van der Waals surface area contributed by atoms with Gasteiger partial charge in [-0.1, -0.05) is 11.2 Å². The average Bonchev–Trinajstić information content (AvgIpc) is 3.08. The number of amides is 1. The van der Waals surface area contributed by atoms with Crippen LogP contribution in [-0.2, 0) is 4.79 Å². The first kappa shape index (κ1) is 14.2. The molecule has 2 rings (SSSR count). The molecule has 0 aliphatic carbocycles. The summed E-state index contributed by atoms with van der Waals surface area (Å²) in [5.74, 6) is -1.43. The summed E-state index contributed by atoms with van der Waals surface area (Å²) in [6.45, 7) is -0.337. The second-order valence-electron chi connectivity index (χ2n) is 3.93. The van der Waals surface area contributed by atoms with Crippen LogP contribution >= 0.6 is 11.3 Å².